The van der Waals surface area contributed by atoms with Crippen LogP contribution in [0.15, 0.2) is 35.4 Å². The third-order valence-corrected chi connectivity index (χ3v) is 4.52. The molecule has 0 spiro atoms. The molecular weight excluding hydrogens is 405 g/mol. The maximum absolute atomic E-state index is 10.6. The van der Waals surface area contributed by atoms with Crippen molar-refractivity contribution in [3.05, 3.63) is 54.0 Å². The number of carbonyl (C=O) groups is 1. The number of carboxylic acids is 1. The molecule has 0 radical (unpaired) electrons. The number of carboxylic acid groups (broad SMARTS) is 1. The summed E-state index contributed by atoms with van der Waals surface area (Å²) < 4.78 is 41.6. The number of nitrogens with zero attached hydrogens (tertiary/aromatic N) is 6. The Kier molecular flexibility index (Phi) is 6.55. The molecule has 12 heteroatoms. The van der Waals surface area contributed by atoms with Crippen molar-refractivity contribution in [2.24, 2.45) is 0 Å². The minimum Gasteiger partial charge on any atom is -0.475 e. The maximum Gasteiger partial charge on any atom is 0.490 e. The van der Waals surface area contributed by atoms with Gasteiger partial charge in [-0.25, -0.2) is 19.4 Å². The third-order valence-electron chi connectivity index (χ3n) is 4.52. The number of aryl methyl sites for hydroxylation is 1. The summed E-state index contributed by atoms with van der Waals surface area (Å²) in [6, 6.07) is 4.09. The summed E-state index contributed by atoms with van der Waals surface area (Å²) in [5.74, 6) is 0.397. The molecule has 0 bridgehead atoms. The number of hydrogen-bond donors (Lipinski definition) is 1. The zero-order valence-electron chi connectivity index (χ0n) is 16.2. The highest BCUT2D eigenvalue weighted by Gasteiger charge is 2.38. The molecule has 0 saturated heterocycles. The normalized spacial score (nSPS) is 14.5. The minimum absolute atomic E-state index is 0.713. The van der Waals surface area contributed by atoms with Crippen LogP contribution in [0.1, 0.15) is 23.0 Å². The summed E-state index contributed by atoms with van der Waals surface area (Å²) in [5, 5.41) is 11.3. The standard InChI is InChI=1S/C16H20N6O.C2HF3O2/c1-13-2-3-15(23-13)10-20-5-4-16-18-8-14(22(16)7-6-20)9-21-12-17-11-19-21;3-2(4,5)1(6)7/h2-3,8,11-12H,4-7,9-10H2,1H3;(H,6,7). The number of aliphatic carboxylic acids is 1. The Balaban J connectivity index is 0.000000318. The van der Waals surface area contributed by atoms with Crippen LogP contribution >= 0.6 is 0 Å². The number of hydrogen-bond acceptors (Lipinski definition) is 6. The number of fused-ring (bicyclic) bond motifs is 1. The molecule has 162 valence electrons. The van der Waals surface area contributed by atoms with E-state index in [1.807, 2.05) is 23.9 Å². The summed E-state index contributed by atoms with van der Waals surface area (Å²) in [6.07, 6.45) is 1.13. The van der Waals surface area contributed by atoms with Crippen LogP contribution in [0.5, 0.6) is 0 Å². The lowest BCUT2D eigenvalue weighted by Gasteiger charge is -2.18. The first-order valence-electron chi connectivity index (χ1n) is 9.16. The fourth-order valence-electron chi connectivity index (χ4n) is 3.09. The fourth-order valence-corrected chi connectivity index (χ4v) is 3.09. The van der Waals surface area contributed by atoms with Crippen molar-refractivity contribution in [3.8, 4) is 0 Å². The predicted octanol–water partition coefficient (Wildman–Crippen LogP) is 2.12. The topological polar surface area (TPSA) is 102 Å². The van der Waals surface area contributed by atoms with E-state index in [1.54, 1.807) is 12.7 Å². The van der Waals surface area contributed by atoms with E-state index in [-0.39, 0.29) is 0 Å². The van der Waals surface area contributed by atoms with Gasteiger partial charge in [0.05, 0.1) is 25.0 Å². The van der Waals surface area contributed by atoms with E-state index in [0.29, 0.717) is 6.54 Å². The fraction of sp³-hybridized carbons (Fsp3) is 0.444. The summed E-state index contributed by atoms with van der Waals surface area (Å²) >= 11 is 0. The Morgan fingerprint density at radius 3 is 2.60 bits per heavy atom. The Hall–Kier alpha value is -3.15. The smallest absolute Gasteiger partial charge is 0.475 e. The van der Waals surface area contributed by atoms with Gasteiger partial charge in [0.15, 0.2) is 0 Å². The van der Waals surface area contributed by atoms with Crippen LogP contribution in [-0.2, 0) is 30.8 Å². The number of alkyl halides is 3. The van der Waals surface area contributed by atoms with Gasteiger partial charge in [-0.3, -0.25) is 4.90 Å². The molecule has 30 heavy (non-hydrogen) atoms. The number of aromatic nitrogens is 5. The minimum atomic E-state index is -5.08. The summed E-state index contributed by atoms with van der Waals surface area (Å²) in [5.41, 5.74) is 1.18. The van der Waals surface area contributed by atoms with Crippen LogP contribution in [0.4, 0.5) is 13.2 Å². The van der Waals surface area contributed by atoms with Crippen LogP contribution in [0, 0.1) is 6.92 Å². The lowest BCUT2D eigenvalue weighted by molar-refractivity contribution is -0.192. The van der Waals surface area contributed by atoms with Crippen LogP contribution in [0.2, 0.25) is 0 Å². The van der Waals surface area contributed by atoms with Crippen molar-refractivity contribution < 1.29 is 27.5 Å². The van der Waals surface area contributed by atoms with Gasteiger partial charge in [0.2, 0.25) is 0 Å². The first kappa shape index (κ1) is 21.6. The molecule has 9 nitrogen and oxygen atoms in total. The first-order chi connectivity index (χ1) is 14.2. The number of rotatable bonds is 4. The molecule has 0 fully saturated rings. The zero-order chi connectivity index (χ0) is 21.7. The van der Waals surface area contributed by atoms with Crippen molar-refractivity contribution in [2.75, 3.05) is 13.1 Å². The molecule has 1 aliphatic heterocycles. The van der Waals surface area contributed by atoms with Gasteiger partial charge in [-0.1, -0.05) is 0 Å². The molecule has 1 N–H and O–H groups in total. The molecule has 0 unspecified atom stereocenters. The monoisotopic (exact) mass is 426 g/mol. The van der Waals surface area contributed by atoms with Gasteiger partial charge in [-0.05, 0) is 19.1 Å². The second-order valence-corrected chi connectivity index (χ2v) is 6.75. The van der Waals surface area contributed by atoms with E-state index in [4.69, 9.17) is 14.3 Å². The van der Waals surface area contributed by atoms with E-state index in [1.165, 1.54) is 5.69 Å². The Morgan fingerprint density at radius 1 is 1.23 bits per heavy atom. The molecule has 4 rings (SSSR count). The zero-order valence-corrected chi connectivity index (χ0v) is 16.2. The quantitative estimate of drug-likeness (QED) is 0.682. The average Bonchev–Trinajstić information content (AvgIpc) is 3.38. The van der Waals surface area contributed by atoms with Gasteiger partial charge in [-0.2, -0.15) is 18.3 Å². The lowest BCUT2D eigenvalue weighted by atomic mass is 10.3. The highest BCUT2D eigenvalue weighted by Crippen LogP contribution is 2.16. The van der Waals surface area contributed by atoms with Crippen LogP contribution in [0.3, 0.4) is 0 Å². The van der Waals surface area contributed by atoms with Crippen molar-refractivity contribution >= 4 is 5.97 Å². The van der Waals surface area contributed by atoms with Gasteiger partial charge < -0.3 is 14.1 Å². The van der Waals surface area contributed by atoms with Gasteiger partial charge in [-0.15, -0.1) is 0 Å². The molecule has 1 aliphatic rings. The second kappa shape index (κ2) is 9.11. The van der Waals surface area contributed by atoms with Crippen molar-refractivity contribution in [1.82, 2.24) is 29.2 Å². The maximum atomic E-state index is 10.6. The van der Waals surface area contributed by atoms with Crippen molar-refractivity contribution in [3.63, 3.8) is 0 Å². The molecule has 4 heterocycles. The van der Waals surface area contributed by atoms with Gasteiger partial charge in [0.25, 0.3) is 0 Å². The summed E-state index contributed by atoms with van der Waals surface area (Å²) in [4.78, 5) is 19.9. The van der Waals surface area contributed by atoms with E-state index in [0.717, 1.165) is 49.9 Å². The van der Waals surface area contributed by atoms with E-state index < -0.39 is 12.1 Å². The SMILES string of the molecule is Cc1ccc(CN2CCc3ncc(Cn4cncn4)n3CC2)o1.O=C(O)C(F)(F)F. The molecule has 0 aliphatic carbocycles. The highest BCUT2D eigenvalue weighted by molar-refractivity contribution is 5.73. The lowest BCUT2D eigenvalue weighted by Crippen LogP contribution is -2.26. The Bertz CT molecular complexity index is 964. The largest absolute Gasteiger partial charge is 0.490 e. The molecule has 0 aromatic carbocycles. The van der Waals surface area contributed by atoms with E-state index in [9.17, 15) is 13.2 Å². The summed E-state index contributed by atoms with van der Waals surface area (Å²) in [6.45, 7) is 6.49. The Labute approximate surface area is 169 Å². The van der Waals surface area contributed by atoms with Crippen LogP contribution < -0.4 is 0 Å². The van der Waals surface area contributed by atoms with Crippen LogP contribution in [-0.4, -0.2) is 59.6 Å². The molecule has 3 aromatic heterocycles. The van der Waals surface area contributed by atoms with E-state index >= 15 is 0 Å². The number of imidazole rings is 1. The molecule has 0 saturated carbocycles. The first-order valence-corrected chi connectivity index (χ1v) is 9.16. The molecule has 3 aromatic rings. The molecular formula is C18H21F3N6O3. The summed E-state index contributed by atoms with van der Waals surface area (Å²) in [7, 11) is 0. The molecule has 0 atom stereocenters. The number of furan rings is 1. The van der Waals surface area contributed by atoms with E-state index in [2.05, 4.69) is 30.6 Å². The van der Waals surface area contributed by atoms with Crippen molar-refractivity contribution in [1.29, 1.82) is 0 Å². The molecule has 0 amide bonds. The van der Waals surface area contributed by atoms with Crippen molar-refractivity contribution in [2.45, 2.75) is 39.2 Å². The van der Waals surface area contributed by atoms with Gasteiger partial charge in [0, 0.05) is 26.1 Å². The Morgan fingerprint density at radius 2 is 2.00 bits per heavy atom. The van der Waals surface area contributed by atoms with Gasteiger partial charge >= 0.3 is 12.1 Å². The second-order valence-electron chi connectivity index (χ2n) is 6.75. The number of halogens is 3. The van der Waals surface area contributed by atoms with Crippen LogP contribution in [0.25, 0.3) is 0 Å². The predicted molar refractivity (Wildman–Crippen MR) is 97.5 cm³/mol. The van der Waals surface area contributed by atoms with Gasteiger partial charge in [0.1, 0.15) is 30.0 Å². The highest BCUT2D eigenvalue weighted by atomic mass is 19.4. The average molecular weight is 426 g/mol. The third kappa shape index (κ3) is 5.69.